The fourth-order valence-electron chi connectivity index (χ4n) is 4.55. The molecule has 5 heteroatoms. The molecule has 2 atom stereocenters. The van der Waals surface area contributed by atoms with Crippen LogP contribution in [0.1, 0.15) is 35.9 Å². The maximum Gasteiger partial charge on any atom is 0.163 e. The number of allylic oxidation sites excluding steroid dienone is 1. The second-order valence-electron chi connectivity index (χ2n) is 8.00. The first kappa shape index (κ1) is 19.7. The number of carbonyl (C=O) groups excluding carboxylic acids is 1. The third-order valence-electron chi connectivity index (χ3n) is 6.06. The number of benzene rings is 3. The summed E-state index contributed by atoms with van der Waals surface area (Å²) in [4.78, 5) is 13.5. The van der Waals surface area contributed by atoms with Crippen molar-refractivity contribution >= 4 is 28.8 Å². The van der Waals surface area contributed by atoms with Crippen LogP contribution in [0.5, 0.6) is 5.75 Å². The second-order valence-corrected chi connectivity index (χ2v) is 8.44. The Morgan fingerprint density at radius 1 is 0.903 bits per heavy atom. The number of anilines is 2. The SMILES string of the molecule is COc1cccc([C@H]2Nc3ccc(Cl)cc3NC3=C2C(=O)C[C@H](c2ccccc2)C3)c1. The van der Waals surface area contributed by atoms with Gasteiger partial charge in [-0.05, 0) is 53.8 Å². The number of nitrogens with one attached hydrogen (secondary N) is 2. The highest BCUT2D eigenvalue weighted by Gasteiger charge is 2.36. The summed E-state index contributed by atoms with van der Waals surface area (Å²) in [5.74, 6) is 1.06. The van der Waals surface area contributed by atoms with Gasteiger partial charge in [0.05, 0.1) is 24.5 Å². The standard InChI is InChI=1S/C26H23ClN2O2/c1-31-20-9-5-8-17(12-20)26-25-23(28-22-15-19(27)10-11-21(22)29-26)13-18(14-24(25)30)16-6-3-2-4-7-16/h2-12,15,18,26,28-29H,13-14H2,1H3/t18-,26-/m1/s1. The van der Waals surface area contributed by atoms with Crippen molar-refractivity contribution in [1.29, 1.82) is 0 Å². The highest BCUT2D eigenvalue weighted by atomic mass is 35.5. The Kier molecular flexibility index (Phi) is 5.16. The lowest BCUT2D eigenvalue weighted by atomic mass is 9.78. The summed E-state index contributed by atoms with van der Waals surface area (Å²) < 4.78 is 5.44. The number of Topliss-reactive ketones (excluding diaryl/α,β-unsaturated/α-hetero) is 1. The Hall–Kier alpha value is -3.24. The molecule has 4 nitrogen and oxygen atoms in total. The predicted octanol–water partition coefficient (Wildman–Crippen LogP) is 6.33. The largest absolute Gasteiger partial charge is 0.497 e. The van der Waals surface area contributed by atoms with Gasteiger partial charge in [-0.1, -0.05) is 54.1 Å². The van der Waals surface area contributed by atoms with Gasteiger partial charge in [0.1, 0.15) is 5.75 Å². The van der Waals surface area contributed by atoms with Crippen LogP contribution in [-0.4, -0.2) is 12.9 Å². The van der Waals surface area contributed by atoms with Gasteiger partial charge in [-0.15, -0.1) is 0 Å². The normalized spacial score (nSPS) is 20.1. The highest BCUT2D eigenvalue weighted by Crippen LogP contribution is 2.45. The minimum Gasteiger partial charge on any atom is -0.497 e. The number of methoxy groups -OCH3 is 1. The number of hydrogen-bond donors (Lipinski definition) is 2. The lowest BCUT2D eigenvalue weighted by Gasteiger charge is -2.30. The number of fused-ring (bicyclic) bond motifs is 1. The van der Waals surface area contributed by atoms with E-state index in [4.69, 9.17) is 16.3 Å². The predicted molar refractivity (Wildman–Crippen MR) is 125 cm³/mol. The molecule has 1 aliphatic heterocycles. The minimum atomic E-state index is -0.274. The number of ether oxygens (including phenoxy) is 1. The van der Waals surface area contributed by atoms with E-state index < -0.39 is 0 Å². The van der Waals surface area contributed by atoms with Crippen LogP contribution in [0.15, 0.2) is 84.1 Å². The summed E-state index contributed by atoms with van der Waals surface area (Å²) in [5.41, 5.74) is 5.70. The molecule has 1 aliphatic carbocycles. The molecular weight excluding hydrogens is 408 g/mol. The average molecular weight is 431 g/mol. The van der Waals surface area contributed by atoms with Gasteiger partial charge >= 0.3 is 0 Å². The van der Waals surface area contributed by atoms with E-state index in [9.17, 15) is 4.79 Å². The summed E-state index contributed by atoms with van der Waals surface area (Å²) in [6.07, 6.45) is 1.25. The Labute approximate surface area is 186 Å². The van der Waals surface area contributed by atoms with Gasteiger partial charge in [0, 0.05) is 22.7 Å². The Morgan fingerprint density at radius 2 is 1.71 bits per heavy atom. The lowest BCUT2D eigenvalue weighted by Crippen LogP contribution is -2.26. The summed E-state index contributed by atoms with van der Waals surface area (Å²) in [6.45, 7) is 0. The molecule has 0 unspecified atom stereocenters. The third kappa shape index (κ3) is 3.79. The first-order valence-electron chi connectivity index (χ1n) is 10.4. The van der Waals surface area contributed by atoms with Crippen LogP contribution in [0.25, 0.3) is 0 Å². The van der Waals surface area contributed by atoms with E-state index >= 15 is 0 Å². The molecule has 0 bridgehead atoms. The molecular formula is C26H23ClN2O2. The van der Waals surface area contributed by atoms with Crippen LogP contribution in [0.2, 0.25) is 5.02 Å². The second kappa shape index (κ2) is 8.12. The Balaban J connectivity index is 1.63. The maximum absolute atomic E-state index is 13.5. The van der Waals surface area contributed by atoms with Gasteiger partial charge in [-0.2, -0.15) is 0 Å². The van der Waals surface area contributed by atoms with E-state index in [1.807, 2.05) is 60.7 Å². The molecule has 2 N–H and O–H groups in total. The number of carbonyl (C=O) groups is 1. The van der Waals surface area contributed by atoms with Crippen molar-refractivity contribution in [3.05, 3.63) is 100 Å². The number of rotatable bonds is 3. The Morgan fingerprint density at radius 3 is 2.52 bits per heavy atom. The minimum absolute atomic E-state index is 0.145. The van der Waals surface area contributed by atoms with Crippen LogP contribution in [0.3, 0.4) is 0 Å². The summed E-state index contributed by atoms with van der Waals surface area (Å²) in [5, 5.41) is 7.77. The molecule has 0 fully saturated rings. The fraction of sp³-hybridized carbons (Fsp3) is 0.192. The van der Waals surface area contributed by atoms with Crippen molar-refractivity contribution in [3.8, 4) is 5.75 Å². The van der Waals surface area contributed by atoms with E-state index in [0.29, 0.717) is 11.4 Å². The van der Waals surface area contributed by atoms with E-state index in [0.717, 1.165) is 40.4 Å². The van der Waals surface area contributed by atoms with Crippen LogP contribution < -0.4 is 15.4 Å². The van der Waals surface area contributed by atoms with E-state index in [1.165, 1.54) is 5.56 Å². The lowest BCUT2D eigenvalue weighted by molar-refractivity contribution is -0.116. The molecule has 0 spiro atoms. The Bertz CT molecular complexity index is 1170. The third-order valence-corrected chi connectivity index (χ3v) is 6.30. The molecule has 0 saturated heterocycles. The van der Waals surface area contributed by atoms with E-state index in [2.05, 4.69) is 22.8 Å². The van der Waals surface area contributed by atoms with Crippen LogP contribution in [0.4, 0.5) is 11.4 Å². The molecule has 0 aromatic heterocycles. The average Bonchev–Trinajstić information content (AvgIpc) is 2.96. The summed E-state index contributed by atoms with van der Waals surface area (Å²) in [7, 11) is 1.65. The van der Waals surface area contributed by atoms with Crippen LogP contribution in [-0.2, 0) is 4.79 Å². The van der Waals surface area contributed by atoms with E-state index in [-0.39, 0.29) is 17.7 Å². The first-order valence-corrected chi connectivity index (χ1v) is 10.8. The van der Waals surface area contributed by atoms with Gasteiger partial charge in [-0.25, -0.2) is 0 Å². The van der Waals surface area contributed by atoms with Crippen molar-refractivity contribution < 1.29 is 9.53 Å². The molecule has 0 saturated carbocycles. The van der Waals surface area contributed by atoms with Gasteiger partial charge in [0.25, 0.3) is 0 Å². The molecule has 3 aromatic carbocycles. The number of hydrogen-bond acceptors (Lipinski definition) is 4. The van der Waals surface area contributed by atoms with Gasteiger partial charge in [-0.3, -0.25) is 4.79 Å². The zero-order valence-corrected chi connectivity index (χ0v) is 17.9. The summed E-state index contributed by atoms with van der Waals surface area (Å²) in [6, 6.07) is 23.6. The molecule has 0 amide bonds. The van der Waals surface area contributed by atoms with Crippen molar-refractivity contribution in [2.75, 3.05) is 17.7 Å². The first-order chi connectivity index (χ1) is 15.1. The smallest absolute Gasteiger partial charge is 0.163 e. The highest BCUT2D eigenvalue weighted by molar-refractivity contribution is 6.31. The van der Waals surface area contributed by atoms with Crippen molar-refractivity contribution in [2.24, 2.45) is 0 Å². The number of ketones is 1. The molecule has 5 rings (SSSR count). The topological polar surface area (TPSA) is 50.4 Å². The summed E-state index contributed by atoms with van der Waals surface area (Å²) >= 11 is 6.28. The fourth-order valence-corrected chi connectivity index (χ4v) is 4.72. The van der Waals surface area contributed by atoms with Crippen LogP contribution in [0, 0.1) is 0 Å². The van der Waals surface area contributed by atoms with Gasteiger partial charge in [0.15, 0.2) is 5.78 Å². The molecule has 0 radical (unpaired) electrons. The van der Waals surface area contributed by atoms with Crippen molar-refractivity contribution in [3.63, 3.8) is 0 Å². The van der Waals surface area contributed by atoms with Crippen molar-refractivity contribution in [1.82, 2.24) is 0 Å². The van der Waals surface area contributed by atoms with Gasteiger partial charge < -0.3 is 15.4 Å². The van der Waals surface area contributed by atoms with E-state index in [1.54, 1.807) is 7.11 Å². The zero-order valence-electron chi connectivity index (χ0n) is 17.2. The van der Waals surface area contributed by atoms with Crippen molar-refractivity contribution in [2.45, 2.75) is 24.8 Å². The van der Waals surface area contributed by atoms with Gasteiger partial charge in [0.2, 0.25) is 0 Å². The molecule has 156 valence electrons. The van der Waals surface area contributed by atoms with Crippen LogP contribution >= 0.6 is 11.6 Å². The molecule has 2 aliphatic rings. The molecule has 31 heavy (non-hydrogen) atoms. The zero-order chi connectivity index (χ0) is 21.4. The maximum atomic E-state index is 13.5. The number of halogens is 1. The molecule has 3 aromatic rings. The monoisotopic (exact) mass is 430 g/mol. The quantitative estimate of drug-likeness (QED) is 0.509. The molecule has 1 heterocycles.